The maximum Gasteiger partial charge on any atom is 0.271 e. The van der Waals surface area contributed by atoms with E-state index in [1.807, 2.05) is 6.92 Å². The van der Waals surface area contributed by atoms with Gasteiger partial charge in [0.1, 0.15) is 10.7 Å². The lowest BCUT2D eigenvalue weighted by atomic mass is 10.1. The number of carbonyl (C=O) groups excluding carboxylic acids is 1. The highest BCUT2D eigenvalue weighted by Crippen LogP contribution is 2.24. The number of aryl methyl sites for hydroxylation is 1. The molecule has 3 rings (SSSR count). The molecule has 0 bridgehead atoms. The Labute approximate surface area is 113 Å². The van der Waals surface area contributed by atoms with Gasteiger partial charge in [-0.05, 0) is 6.92 Å². The molecule has 98 valence electrons. The van der Waals surface area contributed by atoms with Crippen LogP contribution >= 0.6 is 11.3 Å². The lowest BCUT2D eigenvalue weighted by molar-refractivity contribution is 0.0924. The second-order valence-corrected chi connectivity index (χ2v) is 5.43. The van der Waals surface area contributed by atoms with Crippen LogP contribution in [0.3, 0.4) is 0 Å². The second kappa shape index (κ2) is 4.88. The van der Waals surface area contributed by atoms with Gasteiger partial charge in [-0.15, -0.1) is 10.2 Å². The summed E-state index contributed by atoms with van der Waals surface area (Å²) >= 11 is 1.56. The van der Waals surface area contributed by atoms with Crippen molar-refractivity contribution in [3.63, 3.8) is 0 Å². The number of anilines is 1. The van der Waals surface area contributed by atoms with E-state index in [-0.39, 0.29) is 11.9 Å². The van der Waals surface area contributed by atoms with Gasteiger partial charge in [0.2, 0.25) is 5.13 Å². The van der Waals surface area contributed by atoms with Gasteiger partial charge in [-0.2, -0.15) is 0 Å². The Morgan fingerprint density at radius 2 is 2.26 bits per heavy atom. The van der Waals surface area contributed by atoms with Crippen molar-refractivity contribution < 1.29 is 4.79 Å². The molecule has 0 atom stereocenters. The first-order valence-corrected chi connectivity index (χ1v) is 6.66. The largest absolute Gasteiger partial charge is 0.344 e. The van der Waals surface area contributed by atoms with Crippen molar-refractivity contribution in [1.82, 2.24) is 25.5 Å². The van der Waals surface area contributed by atoms with Gasteiger partial charge in [0.15, 0.2) is 0 Å². The zero-order chi connectivity index (χ0) is 13.2. The van der Waals surface area contributed by atoms with E-state index in [2.05, 4.69) is 30.4 Å². The highest BCUT2D eigenvalue weighted by Gasteiger charge is 2.30. The number of amides is 1. The normalized spacial score (nSPS) is 15.1. The molecule has 0 aliphatic carbocycles. The topological polar surface area (TPSA) is 83.9 Å². The Morgan fingerprint density at radius 1 is 1.42 bits per heavy atom. The van der Waals surface area contributed by atoms with Crippen molar-refractivity contribution in [3.05, 3.63) is 29.3 Å². The molecule has 7 nitrogen and oxygen atoms in total. The van der Waals surface area contributed by atoms with E-state index < -0.39 is 0 Å². The maximum absolute atomic E-state index is 11.8. The number of carbonyl (C=O) groups is 1. The summed E-state index contributed by atoms with van der Waals surface area (Å²) in [5, 5.41) is 12.8. The monoisotopic (exact) mass is 276 g/mol. The predicted octanol–water partition coefficient (Wildman–Crippen LogP) is 0.255. The van der Waals surface area contributed by atoms with Crippen LogP contribution in [0.4, 0.5) is 5.13 Å². The third kappa shape index (κ3) is 2.53. The number of nitrogens with zero attached hydrogens (tertiary/aromatic N) is 5. The smallest absolute Gasteiger partial charge is 0.271 e. The van der Waals surface area contributed by atoms with Crippen LogP contribution in [0.5, 0.6) is 0 Å². The standard InChI is InChI=1S/C11H12N6OS/c1-7-15-16-11(19-7)17-5-8(6-17)14-10(18)9-4-12-2-3-13-9/h2-4,8H,5-6H2,1H3,(H,14,18). The van der Waals surface area contributed by atoms with Crippen LogP contribution in [-0.4, -0.2) is 45.2 Å². The Bertz CT molecular complexity index is 580. The van der Waals surface area contributed by atoms with Crippen molar-refractivity contribution in [3.8, 4) is 0 Å². The summed E-state index contributed by atoms with van der Waals surface area (Å²) in [6.07, 6.45) is 4.51. The average molecular weight is 276 g/mol. The van der Waals surface area contributed by atoms with Gasteiger partial charge in [0, 0.05) is 25.5 Å². The van der Waals surface area contributed by atoms with Crippen molar-refractivity contribution in [2.45, 2.75) is 13.0 Å². The fourth-order valence-electron chi connectivity index (χ4n) is 1.82. The first-order valence-electron chi connectivity index (χ1n) is 5.84. The lowest BCUT2D eigenvalue weighted by Crippen LogP contribution is -2.59. The second-order valence-electron chi connectivity index (χ2n) is 4.27. The summed E-state index contributed by atoms with van der Waals surface area (Å²) in [6.45, 7) is 3.43. The molecule has 0 aromatic carbocycles. The van der Waals surface area contributed by atoms with Crippen molar-refractivity contribution in [2.75, 3.05) is 18.0 Å². The van der Waals surface area contributed by atoms with E-state index >= 15 is 0 Å². The van der Waals surface area contributed by atoms with E-state index in [4.69, 9.17) is 0 Å². The fourth-order valence-corrected chi connectivity index (χ4v) is 2.52. The summed E-state index contributed by atoms with van der Waals surface area (Å²) in [5.41, 5.74) is 0.340. The van der Waals surface area contributed by atoms with Crippen LogP contribution < -0.4 is 10.2 Å². The number of hydrogen-bond donors (Lipinski definition) is 1. The molecule has 19 heavy (non-hydrogen) atoms. The SMILES string of the molecule is Cc1nnc(N2CC(NC(=O)c3cnccn3)C2)s1. The van der Waals surface area contributed by atoms with E-state index in [9.17, 15) is 4.79 Å². The van der Waals surface area contributed by atoms with E-state index in [1.54, 1.807) is 17.5 Å². The number of aromatic nitrogens is 4. The molecule has 1 aliphatic heterocycles. The van der Waals surface area contributed by atoms with Gasteiger partial charge < -0.3 is 10.2 Å². The van der Waals surface area contributed by atoms with Gasteiger partial charge in [-0.3, -0.25) is 9.78 Å². The summed E-state index contributed by atoms with van der Waals surface area (Å²) in [7, 11) is 0. The van der Waals surface area contributed by atoms with Gasteiger partial charge in [-0.1, -0.05) is 11.3 Å². The zero-order valence-corrected chi connectivity index (χ0v) is 11.1. The molecule has 0 unspecified atom stereocenters. The fraction of sp³-hybridized carbons (Fsp3) is 0.364. The molecule has 2 aromatic heterocycles. The first kappa shape index (κ1) is 12.0. The molecular weight excluding hydrogens is 264 g/mol. The summed E-state index contributed by atoms with van der Waals surface area (Å²) in [6, 6.07) is 0.124. The maximum atomic E-state index is 11.8. The van der Waals surface area contributed by atoms with E-state index in [1.165, 1.54) is 12.4 Å². The number of hydrogen-bond acceptors (Lipinski definition) is 7. The Kier molecular flexibility index (Phi) is 3.08. The Balaban J connectivity index is 1.53. The molecule has 1 aliphatic rings. The molecule has 2 aromatic rings. The Morgan fingerprint density at radius 3 is 2.89 bits per heavy atom. The minimum absolute atomic E-state index is 0.124. The molecular formula is C11H12N6OS. The third-order valence-electron chi connectivity index (χ3n) is 2.80. The Hall–Kier alpha value is -2.09. The minimum atomic E-state index is -0.189. The van der Waals surface area contributed by atoms with Crippen LogP contribution in [0.1, 0.15) is 15.5 Å². The molecule has 1 amide bonds. The van der Waals surface area contributed by atoms with Crippen LogP contribution in [0.2, 0.25) is 0 Å². The van der Waals surface area contributed by atoms with Crippen molar-refractivity contribution in [1.29, 1.82) is 0 Å². The first-order chi connectivity index (χ1) is 9.22. The van der Waals surface area contributed by atoms with E-state index in [0.29, 0.717) is 5.69 Å². The number of nitrogens with one attached hydrogen (secondary N) is 1. The van der Waals surface area contributed by atoms with Crippen molar-refractivity contribution >= 4 is 22.4 Å². The van der Waals surface area contributed by atoms with Gasteiger partial charge in [0.25, 0.3) is 5.91 Å². The molecule has 0 saturated carbocycles. The van der Waals surface area contributed by atoms with Gasteiger partial charge >= 0.3 is 0 Å². The molecule has 0 spiro atoms. The summed E-state index contributed by atoms with van der Waals surface area (Å²) < 4.78 is 0. The van der Waals surface area contributed by atoms with Crippen LogP contribution in [0.25, 0.3) is 0 Å². The van der Waals surface area contributed by atoms with Crippen LogP contribution in [0, 0.1) is 6.92 Å². The molecule has 8 heteroatoms. The molecule has 1 fully saturated rings. The molecule has 1 saturated heterocycles. The van der Waals surface area contributed by atoms with Gasteiger partial charge in [0.05, 0.1) is 12.2 Å². The third-order valence-corrected chi connectivity index (χ3v) is 3.70. The summed E-state index contributed by atoms with van der Waals surface area (Å²) in [5.74, 6) is -0.189. The zero-order valence-electron chi connectivity index (χ0n) is 10.3. The highest BCUT2D eigenvalue weighted by molar-refractivity contribution is 7.15. The molecule has 3 heterocycles. The molecule has 1 N–H and O–H groups in total. The minimum Gasteiger partial charge on any atom is -0.344 e. The van der Waals surface area contributed by atoms with Gasteiger partial charge in [-0.25, -0.2) is 4.98 Å². The average Bonchev–Trinajstić information content (AvgIpc) is 2.80. The van der Waals surface area contributed by atoms with Crippen molar-refractivity contribution in [2.24, 2.45) is 0 Å². The number of rotatable bonds is 3. The molecule has 0 radical (unpaired) electrons. The van der Waals surface area contributed by atoms with E-state index in [0.717, 1.165) is 23.2 Å². The van der Waals surface area contributed by atoms with Crippen LogP contribution in [-0.2, 0) is 0 Å². The highest BCUT2D eigenvalue weighted by atomic mass is 32.1. The van der Waals surface area contributed by atoms with Crippen LogP contribution in [0.15, 0.2) is 18.6 Å². The predicted molar refractivity (Wildman–Crippen MR) is 70.1 cm³/mol. The quantitative estimate of drug-likeness (QED) is 0.865. The lowest BCUT2D eigenvalue weighted by Gasteiger charge is -2.38. The summed E-state index contributed by atoms with van der Waals surface area (Å²) in [4.78, 5) is 21.8.